The van der Waals surface area contributed by atoms with E-state index >= 15 is 0 Å². The van der Waals surface area contributed by atoms with Crippen molar-refractivity contribution in [2.24, 2.45) is 0 Å². The highest BCUT2D eigenvalue weighted by Crippen LogP contribution is 2.84. The van der Waals surface area contributed by atoms with Crippen LogP contribution in [0.25, 0.3) is 291 Å². The number of hydrogen-bond donors (Lipinski definition) is 0. The highest BCUT2D eigenvalue weighted by molar-refractivity contribution is 6.82. The minimum absolute atomic E-state index is 0.249. The molecule has 33 rings (SSSR count). The van der Waals surface area contributed by atoms with E-state index in [1.165, 1.54) is 5.56 Å². The lowest BCUT2D eigenvalue weighted by molar-refractivity contribution is 0.564. The molecule has 0 unspecified atom stereocenters. The zero-order valence-electron chi connectivity index (χ0n) is 34.4. The van der Waals surface area contributed by atoms with E-state index in [-0.39, 0.29) is 11.3 Å². The minimum Gasteiger partial charge on any atom is -0.0620 e. The SMILES string of the molecule is Cc1ccccc1C12c3c4c5c6c7c8c(c9c%10c1c1c3c3c%11c4c4c5c5c7c7c%12c8c8c9c9c%10c%10c1c1c3c3c%11c%11c4c4c5c7c5c7c%12c8c8c9c9c%10c1c1c3c3c%11c4c5c4c7c8c9c1c34)C62. The number of hydrogen-bond acceptors (Lipinski definition) is 0. The molecule has 0 saturated carbocycles. The standard InChI is InChI=1S/C67H8/c1-6-4-2-3-5-7(6)67-64-60-54-40-32-24-12-9-8-10-13(12)25-27-23-17(10)19-15-11(8)14-18-16(9)22-26(24)38(40)46-44-30(22)28(18)36-34-20(14)21(15)35-37-29(19)31(23)45-47-39(27)41(33(25)32)55(54)61(64)57(47)59-51(45)49(37)53-43(35)42(34)52-48(36)50(44)58(56(46)60)65(67)62(52)63(53)66(59)67/h2-5,64H,1H3. The van der Waals surface area contributed by atoms with E-state index in [9.17, 15) is 0 Å². The molecule has 0 amide bonds. The Bertz CT molecular complexity index is 7030. The molecule has 0 nitrogen and oxygen atoms in total. The van der Waals surface area contributed by atoms with Gasteiger partial charge < -0.3 is 0 Å². The molecule has 0 heterocycles. The molecule has 0 N–H and O–H groups in total. The average Bonchev–Trinajstić information content (AvgIpc) is 4.23. The zero-order chi connectivity index (χ0) is 39.5. The third-order valence-corrected chi connectivity index (χ3v) is 24.7. The van der Waals surface area contributed by atoms with E-state index in [4.69, 9.17) is 0 Å². The maximum atomic E-state index is 2.64. The Hall–Kier alpha value is -8.32. The Morgan fingerprint density at radius 1 is 0.224 bits per heavy atom. The molecular formula is C67H8. The third-order valence-electron chi connectivity index (χ3n) is 24.7. The summed E-state index contributed by atoms with van der Waals surface area (Å²) in [4.78, 5) is 0. The summed E-state index contributed by atoms with van der Waals surface area (Å²) in [6.45, 7) is 2.49. The van der Waals surface area contributed by atoms with Gasteiger partial charge in [-0.3, -0.25) is 0 Å². The Balaban J connectivity index is 1.25. The van der Waals surface area contributed by atoms with Crippen LogP contribution in [0.2, 0.25) is 0 Å². The maximum absolute atomic E-state index is 2.64. The van der Waals surface area contributed by atoms with Crippen molar-refractivity contribution in [2.75, 3.05) is 0 Å². The van der Waals surface area contributed by atoms with Gasteiger partial charge in [0.15, 0.2) is 0 Å². The van der Waals surface area contributed by atoms with Gasteiger partial charge in [0, 0.05) is 5.92 Å². The molecule has 0 atom stereocenters. The van der Waals surface area contributed by atoms with Gasteiger partial charge in [-0.2, -0.15) is 0 Å². The van der Waals surface area contributed by atoms with Crippen molar-refractivity contribution in [3.05, 3.63) is 57.6 Å². The fraction of sp³-hybridized carbons (Fsp3) is 0.0448. The van der Waals surface area contributed by atoms with Crippen LogP contribution in [0.5, 0.6) is 0 Å². The quantitative estimate of drug-likeness (QED) is 0.145. The van der Waals surface area contributed by atoms with Crippen LogP contribution in [-0.2, 0) is 5.41 Å². The Kier molecular flexibility index (Phi) is 1.97. The number of aryl methyl sites for hydroxylation is 1. The van der Waals surface area contributed by atoms with Gasteiger partial charge in [0.25, 0.3) is 0 Å². The van der Waals surface area contributed by atoms with E-state index in [1.807, 2.05) is 0 Å². The molecule has 0 aromatic heterocycles. The number of benzene rings is 19. The summed E-state index contributed by atoms with van der Waals surface area (Å²) >= 11 is 0. The topological polar surface area (TPSA) is 0 Å². The molecule has 29 aromatic carbocycles. The molecule has 0 fully saturated rings. The first-order valence-corrected chi connectivity index (χ1v) is 25.2. The van der Waals surface area contributed by atoms with Crippen molar-refractivity contribution in [3.8, 4) is 0 Å². The summed E-state index contributed by atoms with van der Waals surface area (Å²) in [6.07, 6.45) is 0. The van der Waals surface area contributed by atoms with Crippen molar-refractivity contribution in [1.82, 2.24) is 0 Å². The fourth-order valence-corrected chi connectivity index (χ4v) is 24.6. The van der Waals surface area contributed by atoms with Gasteiger partial charge in [-0.1, -0.05) is 24.3 Å². The molecule has 0 bridgehead atoms. The van der Waals surface area contributed by atoms with E-state index < -0.39 is 0 Å². The van der Waals surface area contributed by atoms with Gasteiger partial charge in [-0.15, -0.1) is 0 Å². The summed E-state index contributed by atoms with van der Waals surface area (Å²) in [5, 5.41) is 90.2. The lowest BCUT2D eigenvalue weighted by Crippen LogP contribution is -2.39. The summed E-state index contributed by atoms with van der Waals surface area (Å²) < 4.78 is 0. The first-order chi connectivity index (χ1) is 33.4. The van der Waals surface area contributed by atoms with Gasteiger partial charge in [-0.05, 0) is 331 Å². The highest BCUT2D eigenvalue weighted by Gasteiger charge is 2.63. The molecule has 4 aliphatic carbocycles. The van der Waals surface area contributed by atoms with Crippen LogP contribution in [0.1, 0.15) is 39.3 Å². The van der Waals surface area contributed by atoms with Crippen molar-refractivity contribution >= 4 is 291 Å². The lowest BCUT2D eigenvalue weighted by atomic mass is 9.54. The van der Waals surface area contributed by atoms with E-state index in [0.717, 1.165) is 0 Å². The Morgan fingerprint density at radius 2 is 0.403 bits per heavy atom. The van der Waals surface area contributed by atoms with Crippen LogP contribution in [0.4, 0.5) is 0 Å². The van der Waals surface area contributed by atoms with Crippen LogP contribution in [0, 0.1) is 6.92 Å². The van der Waals surface area contributed by atoms with Gasteiger partial charge in [0.1, 0.15) is 0 Å². The van der Waals surface area contributed by atoms with Crippen molar-refractivity contribution in [2.45, 2.75) is 18.3 Å². The maximum Gasteiger partial charge on any atom is 0.0589 e. The summed E-state index contributed by atoms with van der Waals surface area (Å²) in [5.74, 6) is 0.249. The second-order valence-corrected chi connectivity index (χ2v) is 24.9. The Labute approximate surface area is 364 Å². The normalized spacial score (nSPS) is 21.1. The van der Waals surface area contributed by atoms with Gasteiger partial charge in [0.2, 0.25) is 0 Å². The second kappa shape index (κ2) is 5.43. The van der Waals surface area contributed by atoms with E-state index in [2.05, 4.69) is 31.2 Å². The monoisotopic (exact) mass is 812 g/mol. The van der Waals surface area contributed by atoms with E-state index in [1.54, 1.807) is 319 Å². The minimum atomic E-state index is -0.309. The second-order valence-electron chi connectivity index (χ2n) is 24.9. The van der Waals surface area contributed by atoms with Crippen molar-refractivity contribution in [1.29, 1.82) is 0 Å². The molecule has 67 heavy (non-hydrogen) atoms. The van der Waals surface area contributed by atoms with Crippen LogP contribution >= 0.6 is 0 Å². The molecule has 0 spiro atoms. The van der Waals surface area contributed by atoms with Crippen molar-refractivity contribution in [3.63, 3.8) is 0 Å². The van der Waals surface area contributed by atoms with Gasteiger partial charge in [0.05, 0.1) is 5.41 Å². The summed E-state index contributed by atoms with van der Waals surface area (Å²) in [5.41, 5.74) is 9.73. The molecule has 4 aliphatic rings. The number of rotatable bonds is 1. The van der Waals surface area contributed by atoms with Crippen molar-refractivity contribution < 1.29 is 0 Å². The third kappa shape index (κ3) is 1.27. The predicted octanol–water partition coefficient (Wildman–Crippen LogP) is 18.5. The lowest BCUT2D eigenvalue weighted by Gasteiger charge is -2.46. The molecule has 276 valence electrons. The highest BCUT2D eigenvalue weighted by atomic mass is 14.6. The molecular weight excluding hydrogens is 805 g/mol. The Morgan fingerprint density at radius 3 is 0.642 bits per heavy atom. The van der Waals surface area contributed by atoms with Crippen LogP contribution in [-0.4, -0.2) is 0 Å². The van der Waals surface area contributed by atoms with Crippen LogP contribution in [0.15, 0.2) is 24.3 Å². The van der Waals surface area contributed by atoms with E-state index in [0.29, 0.717) is 0 Å². The largest absolute Gasteiger partial charge is 0.0620 e. The first-order valence-electron chi connectivity index (χ1n) is 25.2. The first kappa shape index (κ1) is 24.3. The van der Waals surface area contributed by atoms with Gasteiger partial charge in [-0.25, -0.2) is 0 Å². The fourth-order valence-electron chi connectivity index (χ4n) is 24.6. The van der Waals surface area contributed by atoms with Crippen LogP contribution < -0.4 is 0 Å². The molecule has 29 aromatic rings. The predicted molar refractivity (Wildman–Crippen MR) is 285 cm³/mol. The molecule has 0 heteroatoms. The zero-order valence-corrected chi connectivity index (χ0v) is 34.4. The molecule has 0 aliphatic heterocycles. The molecule has 0 saturated heterocycles. The smallest absolute Gasteiger partial charge is 0.0589 e. The van der Waals surface area contributed by atoms with Gasteiger partial charge >= 0.3 is 0 Å². The van der Waals surface area contributed by atoms with Crippen LogP contribution in [0.3, 0.4) is 0 Å². The average molecular weight is 813 g/mol. The summed E-state index contributed by atoms with van der Waals surface area (Å²) in [6, 6.07) is 9.89. The summed E-state index contributed by atoms with van der Waals surface area (Å²) in [7, 11) is 0. The molecule has 0 radical (unpaired) electrons.